The fourth-order valence-corrected chi connectivity index (χ4v) is 4.88. The van der Waals surface area contributed by atoms with Crippen LogP contribution in [0.3, 0.4) is 0 Å². The van der Waals surface area contributed by atoms with Crippen molar-refractivity contribution in [2.45, 2.75) is 117 Å². The molecule has 0 N–H and O–H groups in total. The molecule has 0 aliphatic carbocycles. The van der Waals surface area contributed by atoms with Crippen LogP contribution in [0.1, 0.15) is 111 Å². The average molecular weight is 589 g/mol. The van der Waals surface area contributed by atoms with Crippen LogP contribution in [0.2, 0.25) is 0 Å². The van der Waals surface area contributed by atoms with E-state index in [1.165, 1.54) is 64.2 Å². The van der Waals surface area contributed by atoms with Crippen molar-refractivity contribution in [3.8, 4) is 34.0 Å². The van der Waals surface area contributed by atoms with Gasteiger partial charge in [-0.25, -0.2) is 9.97 Å². The van der Waals surface area contributed by atoms with Crippen LogP contribution in [0, 0.1) is 0 Å². The van der Waals surface area contributed by atoms with E-state index in [9.17, 15) is 4.79 Å². The molecule has 1 atom stereocenters. The fourth-order valence-electron chi connectivity index (χ4n) is 4.88. The number of benzene rings is 2. The highest BCUT2D eigenvalue weighted by Gasteiger charge is 2.10. The van der Waals surface area contributed by atoms with E-state index < -0.39 is 0 Å². The molecule has 0 fully saturated rings. The minimum Gasteiger partial charge on any atom is -0.494 e. The Labute approximate surface area is 259 Å². The minimum atomic E-state index is -0.292. The predicted octanol–water partition coefficient (Wildman–Crippen LogP) is 10.0. The molecule has 1 unspecified atom stereocenters. The highest BCUT2D eigenvalue weighted by atomic mass is 16.6. The van der Waals surface area contributed by atoms with Gasteiger partial charge in [-0.15, -0.1) is 0 Å². The van der Waals surface area contributed by atoms with Crippen LogP contribution in [0.5, 0.6) is 11.5 Å². The summed E-state index contributed by atoms with van der Waals surface area (Å²) in [6.07, 6.45) is 20.3. The second-order valence-corrected chi connectivity index (χ2v) is 11.4. The number of esters is 1. The Kier molecular flexibility index (Phi) is 16.2. The molecular weight excluding hydrogens is 536 g/mol. The van der Waals surface area contributed by atoms with Crippen LogP contribution in [-0.2, 0) is 9.53 Å². The van der Waals surface area contributed by atoms with Crippen molar-refractivity contribution in [2.75, 3.05) is 13.2 Å². The maximum absolute atomic E-state index is 11.8. The van der Waals surface area contributed by atoms with Crippen molar-refractivity contribution in [1.29, 1.82) is 0 Å². The lowest BCUT2D eigenvalue weighted by Crippen LogP contribution is -2.21. The van der Waals surface area contributed by atoms with Crippen LogP contribution in [0.15, 0.2) is 60.9 Å². The lowest BCUT2D eigenvalue weighted by atomic mass is 10.1. The molecule has 0 radical (unpaired) electrons. The fraction of sp³-hybridized carbons (Fsp3) is 0.541. The predicted molar refractivity (Wildman–Crippen MR) is 175 cm³/mol. The third kappa shape index (κ3) is 13.6. The molecular formula is C37H52N2O4. The molecule has 0 amide bonds. The molecule has 43 heavy (non-hydrogen) atoms. The largest absolute Gasteiger partial charge is 0.494 e. The molecule has 1 heterocycles. The van der Waals surface area contributed by atoms with Crippen LogP contribution in [0.4, 0.5) is 0 Å². The zero-order valence-electron chi connectivity index (χ0n) is 26.7. The Morgan fingerprint density at radius 1 is 0.628 bits per heavy atom. The number of hydrogen-bond donors (Lipinski definition) is 0. The number of carbonyl (C=O) groups excluding carboxylic acids is 1. The monoisotopic (exact) mass is 588 g/mol. The molecule has 0 saturated heterocycles. The number of rotatable bonds is 22. The first-order valence-electron chi connectivity index (χ1n) is 16.6. The third-order valence-corrected chi connectivity index (χ3v) is 7.52. The molecule has 6 nitrogen and oxygen atoms in total. The quantitative estimate of drug-likeness (QED) is 0.0859. The van der Waals surface area contributed by atoms with Crippen LogP contribution < -0.4 is 9.47 Å². The first kappa shape index (κ1) is 34.1. The van der Waals surface area contributed by atoms with Gasteiger partial charge in [0.1, 0.15) is 24.2 Å². The summed E-state index contributed by atoms with van der Waals surface area (Å²) in [4.78, 5) is 21.0. The lowest BCUT2D eigenvalue weighted by molar-refractivity contribution is -0.149. The smallest absolute Gasteiger partial charge is 0.306 e. The molecule has 234 valence electrons. The van der Waals surface area contributed by atoms with Gasteiger partial charge in [0.15, 0.2) is 5.82 Å². The van der Waals surface area contributed by atoms with Crippen LogP contribution in [0.25, 0.3) is 22.5 Å². The average Bonchev–Trinajstić information content (AvgIpc) is 3.04. The molecule has 3 aromatic rings. The third-order valence-electron chi connectivity index (χ3n) is 7.52. The molecule has 0 bridgehead atoms. The Morgan fingerprint density at radius 3 is 1.72 bits per heavy atom. The van der Waals surface area contributed by atoms with Gasteiger partial charge in [-0.3, -0.25) is 4.79 Å². The number of carbonyl (C=O) groups is 1. The summed E-state index contributed by atoms with van der Waals surface area (Å²) in [5, 5.41) is 0. The van der Waals surface area contributed by atoms with Crippen molar-refractivity contribution in [2.24, 2.45) is 0 Å². The van der Waals surface area contributed by atoms with Crippen molar-refractivity contribution in [1.82, 2.24) is 9.97 Å². The molecule has 0 saturated carbocycles. The molecule has 2 aromatic carbocycles. The van der Waals surface area contributed by atoms with Gasteiger partial charge in [0.2, 0.25) is 0 Å². The first-order chi connectivity index (χ1) is 21.1. The zero-order chi connectivity index (χ0) is 30.5. The van der Waals surface area contributed by atoms with Gasteiger partial charge in [0, 0.05) is 29.9 Å². The summed E-state index contributed by atoms with van der Waals surface area (Å²) < 4.78 is 17.1. The van der Waals surface area contributed by atoms with Gasteiger partial charge in [-0.2, -0.15) is 0 Å². The Balaban J connectivity index is 1.34. The van der Waals surface area contributed by atoms with Crippen molar-refractivity contribution < 1.29 is 19.0 Å². The molecule has 6 heteroatoms. The van der Waals surface area contributed by atoms with E-state index in [1.54, 1.807) is 0 Å². The molecule has 1 aromatic heterocycles. The van der Waals surface area contributed by atoms with Crippen LogP contribution >= 0.6 is 0 Å². The maximum atomic E-state index is 11.8. The van der Waals surface area contributed by atoms with Gasteiger partial charge in [-0.1, -0.05) is 96.6 Å². The lowest BCUT2D eigenvalue weighted by Gasteiger charge is -2.14. The number of unbranched alkanes of at least 4 members (excludes halogenated alkanes) is 11. The van der Waals surface area contributed by atoms with E-state index in [1.807, 2.05) is 67.8 Å². The van der Waals surface area contributed by atoms with Crippen molar-refractivity contribution in [3.63, 3.8) is 0 Å². The molecule has 3 rings (SSSR count). The Morgan fingerprint density at radius 2 is 1.14 bits per heavy atom. The normalized spacial score (nSPS) is 11.7. The van der Waals surface area contributed by atoms with Gasteiger partial charge < -0.3 is 14.2 Å². The van der Waals surface area contributed by atoms with Gasteiger partial charge >= 0.3 is 5.97 Å². The summed E-state index contributed by atoms with van der Waals surface area (Å²) in [7, 11) is 0. The van der Waals surface area contributed by atoms with E-state index in [0.29, 0.717) is 18.9 Å². The molecule has 0 aliphatic rings. The SMILES string of the molecule is CCCCCCCCCCCCCOc1ccc(-c2ncc(-c3ccc(OCC(C)OC(=O)CCCC)cc3)cn2)cc1. The van der Waals surface area contributed by atoms with E-state index in [4.69, 9.17) is 14.2 Å². The topological polar surface area (TPSA) is 70.5 Å². The van der Waals surface area contributed by atoms with Crippen molar-refractivity contribution >= 4 is 5.97 Å². The highest BCUT2D eigenvalue weighted by molar-refractivity contribution is 5.69. The summed E-state index contributed by atoms with van der Waals surface area (Å²) in [6.45, 7) is 7.25. The number of hydrogen-bond acceptors (Lipinski definition) is 6. The Bertz CT molecular complexity index is 1150. The van der Waals surface area contributed by atoms with E-state index in [-0.39, 0.29) is 12.1 Å². The zero-order valence-corrected chi connectivity index (χ0v) is 26.7. The summed E-state index contributed by atoms with van der Waals surface area (Å²) in [5.41, 5.74) is 2.89. The van der Waals surface area contributed by atoms with Gasteiger partial charge in [0.25, 0.3) is 0 Å². The second kappa shape index (κ2) is 20.5. The summed E-state index contributed by atoms with van der Waals surface area (Å²) in [5.74, 6) is 2.13. The number of nitrogens with zero attached hydrogens (tertiary/aromatic N) is 2. The minimum absolute atomic E-state index is 0.171. The number of aromatic nitrogens is 2. The van der Waals surface area contributed by atoms with Gasteiger partial charge in [0.05, 0.1) is 6.61 Å². The first-order valence-corrected chi connectivity index (χ1v) is 16.6. The summed E-state index contributed by atoms with van der Waals surface area (Å²) >= 11 is 0. The van der Waals surface area contributed by atoms with Crippen molar-refractivity contribution in [3.05, 3.63) is 60.9 Å². The molecule has 0 aliphatic heterocycles. The summed E-state index contributed by atoms with van der Waals surface area (Å²) in [6, 6.07) is 15.8. The van der Waals surface area contributed by atoms with E-state index in [0.717, 1.165) is 54.1 Å². The Hall–Kier alpha value is -3.41. The standard InChI is InChI=1S/C37H52N2O4/c1-4-6-8-9-10-11-12-13-14-15-16-26-41-34-24-20-32(21-25-34)37-38-27-33(28-39-37)31-18-22-35(23-19-31)42-29-30(3)43-36(40)17-7-5-2/h18-25,27-28,30H,4-17,26,29H2,1-3H3. The highest BCUT2D eigenvalue weighted by Crippen LogP contribution is 2.24. The van der Waals surface area contributed by atoms with Gasteiger partial charge in [-0.05, 0) is 61.7 Å². The van der Waals surface area contributed by atoms with Crippen LogP contribution in [-0.4, -0.2) is 35.3 Å². The number of ether oxygens (including phenoxy) is 3. The maximum Gasteiger partial charge on any atom is 0.306 e. The second-order valence-electron chi connectivity index (χ2n) is 11.4. The van der Waals surface area contributed by atoms with E-state index >= 15 is 0 Å². The van der Waals surface area contributed by atoms with E-state index in [2.05, 4.69) is 23.8 Å². The molecule has 0 spiro atoms.